The van der Waals surface area contributed by atoms with Crippen LogP contribution in [0.1, 0.15) is 48.5 Å². The minimum Gasteiger partial charge on any atom is -0.507 e. The Morgan fingerprint density at radius 1 is 1.21 bits per heavy atom. The molecule has 0 saturated heterocycles. The maximum atomic E-state index is 10.8. The van der Waals surface area contributed by atoms with Gasteiger partial charge in [0.15, 0.2) is 0 Å². The zero-order valence-corrected chi connectivity index (χ0v) is 11.0. The number of aromatic carboxylic acids is 1. The van der Waals surface area contributed by atoms with E-state index in [9.17, 15) is 20.1 Å². The lowest BCUT2D eigenvalue weighted by atomic mass is 10.0. The highest BCUT2D eigenvalue weighted by molar-refractivity contribution is 5.94. The Morgan fingerprint density at radius 3 is 2.26 bits per heavy atom. The van der Waals surface area contributed by atoms with Gasteiger partial charge in [-0.1, -0.05) is 26.2 Å². The number of hydrogen-bond acceptors (Lipinski definition) is 4. The van der Waals surface area contributed by atoms with E-state index >= 15 is 0 Å². The third kappa shape index (κ3) is 4.44. The maximum Gasteiger partial charge on any atom is 0.343 e. The van der Waals surface area contributed by atoms with Crippen molar-refractivity contribution < 1.29 is 25.2 Å². The molecular weight excluding hydrogens is 248 g/mol. The van der Waals surface area contributed by atoms with Gasteiger partial charge in [-0.05, 0) is 30.5 Å². The summed E-state index contributed by atoms with van der Waals surface area (Å²) < 4.78 is 0. The molecule has 19 heavy (non-hydrogen) atoms. The molecule has 0 aliphatic heterocycles. The van der Waals surface area contributed by atoms with Gasteiger partial charge in [-0.25, -0.2) is 4.79 Å². The number of carboxylic acids is 1. The minimum atomic E-state index is -1.38. The summed E-state index contributed by atoms with van der Waals surface area (Å²) in [6.07, 6.45) is 3.41. The highest BCUT2D eigenvalue weighted by Gasteiger charge is 2.17. The van der Waals surface area contributed by atoms with Crippen molar-refractivity contribution in [3.63, 3.8) is 0 Å². The zero-order valence-electron chi connectivity index (χ0n) is 11.0. The molecule has 5 nitrogen and oxygen atoms in total. The Hall–Kier alpha value is -1.75. The van der Waals surface area contributed by atoms with E-state index in [1.807, 2.05) is 0 Å². The summed E-state index contributed by atoms with van der Waals surface area (Å²) >= 11 is 0. The molecule has 0 saturated carbocycles. The van der Waals surface area contributed by atoms with Gasteiger partial charge in [0.1, 0.15) is 17.1 Å². The van der Waals surface area contributed by atoms with E-state index in [1.54, 1.807) is 0 Å². The first kappa shape index (κ1) is 15.3. The molecule has 0 aliphatic carbocycles. The SMILES string of the molecule is CCCCC[C@H](O)Cc1cc(O)c(C(=O)O)c(O)c1. The summed E-state index contributed by atoms with van der Waals surface area (Å²) in [5, 5.41) is 37.7. The van der Waals surface area contributed by atoms with Crippen LogP contribution in [0, 0.1) is 0 Å². The molecule has 1 aromatic rings. The molecule has 0 heterocycles. The molecule has 0 fully saturated rings. The van der Waals surface area contributed by atoms with E-state index in [-0.39, 0.29) is 6.42 Å². The Labute approximate surface area is 112 Å². The molecule has 0 radical (unpaired) electrons. The average Bonchev–Trinajstić information content (AvgIpc) is 2.27. The number of benzene rings is 1. The monoisotopic (exact) mass is 268 g/mol. The second kappa shape index (κ2) is 6.99. The molecule has 1 rings (SSSR count). The number of phenols is 2. The van der Waals surface area contributed by atoms with Crippen LogP contribution < -0.4 is 0 Å². The van der Waals surface area contributed by atoms with Crippen LogP contribution in [-0.4, -0.2) is 32.5 Å². The molecular formula is C14H20O5. The Kier molecular flexibility index (Phi) is 5.63. The second-order valence-corrected chi connectivity index (χ2v) is 4.67. The lowest BCUT2D eigenvalue weighted by Gasteiger charge is -2.12. The first-order valence-electron chi connectivity index (χ1n) is 6.42. The average molecular weight is 268 g/mol. The summed E-state index contributed by atoms with van der Waals surface area (Å²) in [4.78, 5) is 10.8. The van der Waals surface area contributed by atoms with Gasteiger partial charge in [0, 0.05) is 0 Å². The van der Waals surface area contributed by atoms with Crippen LogP contribution >= 0.6 is 0 Å². The van der Waals surface area contributed by atoms with Gasteiger partial charge in [0.05, 0.1) is 6.10 Å². The van der Waals surface area contributed by atoms with Crippen molar-refractivity contribution in [1.82, 2.24) is 0 Å². The topological polar surface area (TPSA) is 98.0 Å². The molecule has 0 spiro atoms. The number of carbonyl (C=O) groups is 1. The smallest absolute Gasteiger partial charge is 0.343 e. The van der Waals surface area contributed by atoms with Gasteiger partial charge in [-0.2, -0.15) is 0 Å². The molecule has 0 bridgehead atoms. The van der Waals surface area contributed by atoms with Crippen molar-refractivity contribution in [2.24, 2.45) is 0 Å². The van der Waals surface area contributed by atoms with Gasteiger partial charge < -0.3 is 20.4 Å². The van der Waals surface area contributed by atoms with Gasteiger partial charge >= 0.3 is 5.97 Å². The molecule has 5 heteroatoms. The Bertz CT molecular complexity index is 418. The van der Waals surface area contributed by atoms with E-state index in [0.717, 1.165) is 19.3 Å². The lowest BCUT2D eigenvalue weighted by molar-refractivity contribution is 0.0690. The fourth-order valence-corrected chi connectivity index (χ4v) is 2.01. The largest absolute Gasteiger partial charge is 0.507 e. The fourth-order valence-electron chi connectivity index (χ4n) is 2.01. The first-order chi connectivity index (χ1) is 8.95. The van der Waals surface area contributed by atoms with Crippen LogP contribution in [0.25, 0.3) is 0 Å². The number of carboxylic acid groups (broad SMARTS) is 1. The van der Waals surface area contributed by atoms with Gasteiger partial charge in [0.25, 0.3) is 0 Å². The van der Waals surface area contributed by atoms with Crippen molar-refractivity contribution in [1.29, 1.82) is 0 Å². The highest BCUT2D eigenvalue weighted by atomic mass is 16.4. The van der Waals surface area contributed by atoms with Crippen molar-refractivity contribution in [3.8, 4) is 11.5 Å². The summed E-state index contributed by atoms with van der Waals surface area (Å²) in [7, 11) is 0. The van der Waals surface area contributed by atoms with E-state index < -0.39 is 29.1 Å². The van der Waals surface area contributed by atoms with Gasteiger partial charge in [-0.3, -0.25) is 0 Å². The minimum absolute atomic E-state index is 0.282. The van der Waals surface area contributed by atoms with Gasteiger partial charge in [-0.15, -0.1) is 0 Å². The van der Waals surface area contributed by atoms with Crippen molar-refractivity contribution in [2.75, 3.05) is 0 Å². The molecule has 0 aromatic heterocycles. The van der Waals surface area contributed by atoms with Crippen LogP contribution in [-0.2, 0) is 6.42 Å². The molecule has 0 amide bonds. The molecule has 106 valence electrons. The van der Waals surface area contributed by atoms with E-state index in [1.165, 1.54) is 12.1 Å². The predicted octanol–water partition coefficient (Wildman–Crippen LogP) is 2.28. The van der Waals surface area contributed by atoms with E-state index in [4.69, 9.17) is 5.11 Å². The van der Waals surface area contributed by atoms with Crippen molar-refractivity contribution >= 4 is 5.97 Å². The Morgan fingerprint density at radius 2 is 1.79 bits per heavy atom. The van der Waals surface area contributed by atoms with Gasteiger partial charge in [0.2, 0.25) is 0 Å². The number of aliphatic hydroxyl groups is 1. The molecule has 0 aliphatic rings. The highest BCUT2D eigenvalue weighted by Crippen LogP contribution is 2.29. The number of unbranched alkanes of at least 4 members (excludes halogenated alkanes) is 2. The summed E-state index contributed by atoms with van der Waals surface area (Å²) in [5.41, 5.74) is 0.00761. The predicted molar refractivity (Wildman–Crippen MR) is 70.6 cm³/mol. The zero-order chi connectivity index (χ0) is 14.4. The van der Waals surface area contributed by atoms with Crippen LogP contribution in [0.2, 0.25) is 0 Å². The van der Waals surface area contributed by atoms with Crippen molar-refractivity contribution in [3.05, 3.63) is 23.3 Å². The summed E-state index contributed by atoms with van der Waals surface area (Å²) in [6.45, 7) is 2.08. The number of hydrogen-bond donors (Lipinski definition) is 4. The third-order valence-electron chi connectivity index (χ3n) is 2.98. The van der Waals surface area contributed by atoms with Crippen molar-refractivity contribution in [2.45, 2.75) is 45.1 Å². The first-order valence-corrected chi connectivity index (χ1v) is 6.42. The number of rotatable bonds is 7. The quantitative estimate of drug-likeness (QED) is 0.569. The second-order valence-electron chi connectivity index (χ2n) is 4.67. The standard InChI is InChI=1S/C14H20O5/c1-2-3-4-5-10(15)6-9-7-11(16)13(14(18)19)12(17)8-9/h7-8,10,15-17H,2-6H2,1H3,(H,18,19)/t10-/m0/s1. The lowest BCUT2D eigenvalue weighted by Crippen LogP contribution is -2.10. The van der Waals surface area contributed by atoms with E-state index in [0.29, 0.717) is 12.0 Å². The summed E-state index contributed by atoms with van der Waals surface area (Å²) in [5.74, 6) is -2.35. The fraction of sp³-hybridized carbons (Fsp3) is 0.500. The Balaban J connectivity index is 2.72. The molecule has 4 N–H and O–H groups in total. The van der Waals surface area contributed by atoms with Crippen LogP contribution in [0.15, 0.2) is 12.1 Å². The van der Waals surface area contributed by atoms with Crippen LogP contribution in [0.5, 0.6) is 11.5 Å². The van der Waals surface area contributed by atoms with Crippen LogP contribution in [0.3, 0.4) is 0 Å². The third-order valence-corrected chi connectivity index (χ3v) is 2.98. The molecule has 1 atom stereocenters. The summed E-state index contributed by atoms with van der Waals surface area (Å²) in [6, 6.07) is 2.54. The number of aliphatic hydroxyl groups excluding tert-OH is 1. The van der Waals surface area contributed by atoms with E-state index in [2.05, 4.69) is 6.92 Å². The maximum absolute atomic E-state index is 10.8. The number of aromatic hydroxyl groups is 2. The molecule has 0 unspecified atom stereocenters. The van der Waals surface area contributed by atoms with Crippen LogP contribution in [0.4, 0.5) is 0 Å². The molecule has 1 aromatic carbocycles. The normalized spacial score (nSPS) is 12.3.